The van der Waals surface area contributed by atoms with Crippen LogP contribution in [0.4, 0.5) is 8.78 Å². The summed E-state index contributed by atoms with van der Waals surface area (Å²) < 4.78 is 36.2. The molecule has 1 aromatic carbocycles. The van der Waals surface area contributed by atoms with Crippen molar-refractivity contribution in [3.05, 3.63) is 65.0 Å². The summed E-state index contributed by atoms with van der Waals surface area (Å²) >= 11 is 3.42. The molecule has 0 aliphatic rings. The maximum Gasteiger partial charge on any atom is 0.159 e. The minimum atomic E-state index is -1.23. The molecule has 3 aromatic heterocycles. The highest BCUT2D eigenvalue weighted by Gasteiger charge is 2.19. The number of halogens is 3. The van der Waals surface area contributed by atoms with Crippen LogP contribution in [0.1, 0.15) is 0 Å². The fourth-order valence-corrected chi connectivity index (χ4v) is 4.34. The van der Waals surface area contributed by atoms with Gasteiger partial charge in [-0.2, -0.15) is 0 Å². The fourth-order valence-electron chi connectivity index (χ4n) is 3.27. The van der Waals surface area contributed by atoms with Crippen LogP contribution >= 0.6 is 15.9 Å². The third-order valence-electron chi connectivity index (χ3n) is 5.00. The van der Waals surface area contributed by atoms with Crippen LogP contribution in [0.3, 0.4) is 0 Å². The quantitative estimate of drug-likeness (QED) is 0.207. The minimum Gasteiger partial charge on any atom is -0.361 e. The number of aromatic nitrogens is 4. The average Bonchev–Trinajstić information content (AvgIpc) is 3.16. The summed E-state index contributed by atoms with van der Waals surface area (Å²) in [6, 6.07) is 10.4. The molecule has 0 saturated carbocycles. The highest BCUT2D eigenvalue weighted by atomic mass is 79.9. The molecule has 0 amide bonds. The van der Waals surface area contributed by atoms with Gasteiger partial charge in [0.1, 0.15) is 12.4 Å². The Balaban J connectivity index is 1.75. The van der Waals surface area contributed by atoms with Crippen molar-refractivity contribution < 1.29 is 13.5 Å². The second kappa shape index (κ2) is 9.17. The van der Waals surface area contributed by atoms with E-state index in [-0.39, 0.29) is 6.73 Å². The SMILES string of the molecule is C[Si](C)(C)CCOCn1cnc(-c2ccc3ncc(Br)cc3n2)c1-c1ccc(F)c(F)c1. The van der Waals surface area contributed by atoms with Gasteiger partial charge in [-0.25, -0.2) is 18.7 Å². The largest absolute Gasteiger partial charge is 0.361 e. The first-order valence-electron chi connectivity index (χ1n) is 10.2. The third kappa shape index (κ3) is 5.11. The number of hydrogen-bond acceptors (Lipinski definition) is 4. The van der Waals surface area contributed by atoms with Gasteiger partial charge in [-0.3, -0.25) is 4.98 Å². The number of nitrogens with zero attached hydrogens (tertiary/aromatic N) is 4. The van der Waals surface area contributed by atoms with E-state index in [0.717, 1.165) is 22.1 Å². The van der Waals surface area contributed by atoms with Gasteiger partial charge in [0.15, 0.2) is 11.6 Å². The minimum absolute atomic E-state index is 0.256. The molecule has 0 radical (unpaired) electrons. The predicted molar refractivity (Wildman–Crippen MR) is 128 cm³/mol. The number of pyridine rings is 2. The molecule has 0 fully saturated rings. The van der Waals surface area contributed by atoms with Crippen molar-refractivity contribution in [2.45, 2.75) is 32.4 Å². The maximum absolute atomic E-state index is 14.1. The molecule has 166 valence electrons. The zero-order chi connectivity index (χ0) is 22.9. The Bertz CT molecular complexity index is 1270. The molecule has 0 unspecified atom stereocenters. The van der Waals surface area contributed by atoms with E-state index < -0.39 is 19.7 Å². The molecule has 0 N–H and O–H groups in total. The number of rotatable bonds is 7. The lowest BCUT2D eigenvalue weighted by molar-refractivity contribution is 0.0882. The van der Waals surface area contributed by atoms with Crippen molar-refractivity contribution in [1.82, 2.24) is 19.5 Å². The molecule has 0 spiro atoms. The Morgan fingerprint density at radius 2 is 1.81 bits per heavy atom. The van der Waals surface area contributed by atoms with Gasteiger partial charge in [0.2, 0.25) is 0 Å². The van der Waals surface area contributed by atoms with Crippen LogP contribution in [0.2, 0.25) is 25.7 Å². The van der Waals surface area contributed by atoms with Crippen molar-refractivity contribution in [1.29, 1.82) is 0 Å². The van der Waals surface area contributed by atoms with E-state index >= 15 is 0 Å². The normalized spacial score (nSPS) is 11.9. The van der Waals surface area contributed by atoms with Crippen molar-refractivity contribution in [3.63, 3.8) is 0 Å². The molecule has 32 heavy (non-hydrogen) atoms. The second-order valence-corrected chi connectivity index (χ2v) is 15.3. The molecule has 4 rings (SSSR count). The molecular weight excluding hydrogens is 494 g/mol. The van der Waals surface area contributed by atoms with Gasteiger partial charge in [-0.15, -0.1) is 0 Å². The molecule has 0 aliphatic carbocycles. The molecule has 0 atom stereocenters. The lowest BCUT2D eigenvalue weighted by atomic mass is 10.1. The van der Waals surface area contributed by atoms with Crippen molar-refractivity contribution in [2.24, 2.45) is 0 Å². The first-order chi connectivity index (χ1) is 15.2. The molecule has 9 heteroatoms. The van der Waals surface area contributed by atoms with E-state index in [4.69, 9.17) is 9.72 Å². The van der Waals surface area contributed by atoms with Crippen molar-refractivity contribution in [3.8, 4) is 22.6 Å². The van der Waals surface area contributed by atoms with Crippen molar-refractivity contribution in [2.75, 3.05) is 6.61 Å². The Labute approximate surface area is 194 Å². The molecule has 0 aliphatic heterocycles. The van der Waals surface area contributed by atoms with Crippen LogP contribution in [-0.2, 0) is 11.5 Å². The number of imidazole rings is 1. The van der Waals surface area contributed by atoms with Crippen LogP contribution < -0.4 is 0 Å². The van der Waals surface area contributed by atoms with E-state index in [1.165, 1.54) is 12.1 Å². The summed E-state index contributed by atoms with van der Waals surface area (Å²) in [7, 11) is -1.23. The van der Waals surface area contributed by atoms with Gasteiger partial charge in [0.25, 0.3) is 0 Å². The van der Waals surface area contributed by atoms with Crippen molar-refractivity contribution >= 4 is 35.0 Å². The van der Waals surface area contributed by atoms with Crippen LogP contribution in [-0.4, -0.2) is 34.2 Å². The Kier molecular flexibility index (Phi) is 6.50. The zero-order valence-electron chi connectivity index (χ0n) is 18.1. The summed E-state index contributed by atoms with van der Waals surface area (Å²) in [5.41, 5.74) is 3.74. The summed E-state index contributed by atoms with van der Waals surface area (Å²) in [5, 5.41) is 0. The molecule has 5 nitrogen and oxygen atoms in total. The summed E-state index contributed by atoms with van der Waals surface area (Å²) in [6.07, 6.45) is 3.36. The van der Waals surface area contributed by atoms with E-state index in [2.05, 4.69) is 45.5 Å². The fraction of sp³-hybridized carbons (Fsp3) is 0.261. The number of ether oxygens (including phenoxy) is 1. The van der Waals surface area contributed by atoms with Crippen LogP contribution in [0.5, 0.6) is 0 Å². The lowest BCUT2D eigenvalue weighted by Gasteiger charge is -2.16. The second-order valence-electron chi connectivity index (χ2n) is 8.78. The van der Waals surface area contributed by atoms with E-state index in [9.17, 15) is 8.78 Å². The lowest BCUT2D eigenvalue weighted by Crippen LogP contribution is -2.22. The summed E-state index contributed by atoms with van der Waals surface area (Å²) in [6.45, 7) is 7.76. The topological polar surface area (TPSA) is 52.8 Å². The van der Waals surface area contributed by atoms with Gasteiger partial charge in [0.05, 0.1) is 28.7 Å². The maximum atomic E-state index is 14.1. The first kappa shape index (κ1) is 22.7. The van der Waals surface area contributed by atoms with Gasteiger partial charge >= 0.3 is 0 Å². The highest BCUT2D eigenvalue weighted by Crippen LogP contribution is 2.32. The molecule has 0 bridgehead atoms. The molecule has 4 aromatic rings. The summed E-state index contributed by atoms with van der Waals surface area (Å²) in [5.74, 6) is -1.81. The van der Waals surface area contributed by atoms with Gasteiger partial charge < -0.3 is 9.30 Å². The van der Waals surface area contributed by atoms with Crippen LogP contribution in [0.15, 0.2) is 53.4 Å². The van der Waals surface area contributed by atoms with Gasteiger partial charge in [-0.1, -0.05) is 19.6 Å². The Hall–Kier alpha value is -2.49. The first-order valence-corrected chi connectivity index (χ1v) is 14.7. The zero-order valence-corrected chi connectivity index (χ0v) is 20.7. The Morgan fingerprint density at radius 3 is 2.56 bits per heavy atom. The van der Waals surface area contributed by atoms with E-state index in [1.54, 1.807) is 17.1 Å². The van der Waals surface area contributed by atoms with E-state index in [1.807, 2.05) is 18.2 Å². The van der Waals surface area contributed by atoms with Gasteiger partial charge in [0, 0.05) is 30.9 Å². The molecular formula is C23H23BrF2N4OSi. The smallest absolute Gasteiger partial charge is 0.159 e. The van der Waals surface area contributed by atoms with E-state index in [0.29, 0.717) is 34.8 Å². The third-order valence-corrected chi connectivity index (χ3v) is 7.14. The average molecular weight is 517 g/mol. The number of fused-ring (bicyclic) bond motifs is 1. The van der Waals surface area contributed by atoms with Crippen LogP contribution in [0.25, 0.3) is 33.7 Å². The molecule has 3 heterocycles. The monoisotopic (exact) mass is 516 g/mol. The van der Waals surface area contributed by atoms with Gasteiger partial charge in [-0.05, 0) is 58.4 Å². The molecule has 0 saturated heterocycles. The van der Waals surface area contributed by atoms with Crippen LogP contribution in [0, 0.1) is 11.6 Å². The standard InChI is InChI=1S/C23H23BrF2N4OSi/c1-32(2,3)9-8-31-14-30-13-28-22(23(30)15-4-5-17(25)18(26)10-15)20-7-6-19-21(29-20)11-16(24)12-27-19/h4-7,10-13H,8-9,14H2,1-3H3. The number of benzene rings is 1. The predicted octanol–water partition coefficient (Wildman–Crippen LogP) is 6.51. The Morgan fingerprint density at radius 1 is 1.00 bits per heavy atom. The number of hydrogen-bond donors (Lipinski definition) is 0. The highest BCUT2D eigenvalue weighted by molar-refractivity contribution is 9.10. The summed E-state index contributed by atoms with van der Waals surface area (Å²) in [4.78, 5) is 13.6.